The van der Waals surface area contributed by atoms with Gasteiger partial charge in [0.2, 0.25) is 0 Å². The van der Waals surface area contributed by atoms with E-state index in [1.807, 2.05) is 48.5 Å². The van der Waals surface area contributed by atoms with Crippen LogP contribution in [0.5, 0.6) is 5.75 Å². The Hall–Kier alpha value is -3.43. The first-order valence-electron chi connectivity index (χ1n) is 9.09. The van der Waals surface area contributed by atoms with Gasteiger partial charge in [0, 0.05) is 12.2 Å². The van der Waals surface area contributed by atoms with Crippen molar-refractivity contribution in [3.63, 3.8) is 0 Å². The highest BCUT2D eigenvalue weighted by molar-refractivity contribution is 7.80. The second kappa shape index (κ2) is 10.2. The first kappa shape index (κ1) is 20.3. The van der Waals surface area contributed by atoms with Gasteiger partial charge in [0.25, 0.3) is 0 Å². The topological polar surface area (TPSA) is 57.1 Å². The number of anilines is 1. The summed E-state index contributed by atoms with van der Waals surface area (Å²) in [5.41, 5.74) is 3.81. The number of hydrogen-bond acceptors (Lipinski definition) is 3. The molecule has 0 bridgehead atoms. The van der Waals surface area contributed by atoms with Gasteiger partial charge in [0.15, 0.2) is 5.11 Å². The van der Waals surface area contributed by atoms with E-state index in [1.54, 1.807) is 12.1 Å². The van der Waals surface area contributed by atoms with Crippen LogP contribution in [0.15, 0.2) is 72.8 Å². The standard InChI is InChI=1S/C23H20FN3OS/c24-20-7-1-19(2-8-20)16-28-22-11-5-18(6-12-22)15-26-23(29)27-21-9-3-17(4-10-21)13-14-25/h1-12H,13,15-16H2,(H2,26,27,29). The van der Waals surface area contributed by atoms with Crippen molar-refractivity contribution >= 4 is 23.0 Å². The third kappa shape index (κ3) is 6.59. The number of hydrogen-bond donors (Lipinski definition) is 2. The summed E-state index contributed by atoms with van der Waals surface area (Å²) in [6.45, 7) is 0.968. The Bertz CT molecular complexity index is 981. The fourth-order valence-corrected chi connectivity index (χ4v) is 2.80. The number of nitrogens with one attached hydrogen (secondary N) is 2. The first-order valence-corrected chi connectivity index (χ1v) is 9.50. The Morgan fingerprint density at radius 1 is 0.897 bits per heavy atom. The van der Waals surface area contributed by atoms with E-state index in [4.69, 9.17) is 22.2 Å². The van der Waals surface area contributed by atoms with Crippen molar-refractivity contribution in [2.24, 2.45) is 0 Å². The van der Waals surface area contributed by atoms with E-state index >= 15 is 0 Å². The van der Waals surface area contributed by atoms with Crippen LogP contribution in [0.1, 0.15) is 16.7 Å². The van der Waals surface area contributed by atoms with Crippen molar-refractivity contribution in [3.8, 4) is 11.8 Å². The van der Waals surface area contributed by atoms with Crippen LogP contribution in [0.2, 0.25) is 0 Å². The van der Waals surface area contributed by atoms with Crippen molar-refractivity contribution < 1.29 is 9.13 Å². The van der Waals surface area contributed by atoms with E-state index in [0.29, 0.717) is 24.7 Å². The average Bonchev–Trinajstić information content (AvgIpc) is 2.74. The Morgan fingerprint density at radius 2 is 1.52 bits per heavy atom. The van der Waals surface area contributed by atoms with Gasteiger partial charge in [-0.2, -0.15) is 5.26 Å². The molecule has 0 heterocycles. The molecule has 0 aliphatic heterocycles. The van der Waals surface area contributed by atoms with Gasteiger partial charge >= 0.3 is 0 Å². The number of nitrogens with zero attached hydrogens (tertiary/aromatic N) is 1. The summed E-state index contributed by atoms with van der Waals surface area (Å²) in [6, 6.07) is 23.7. The lowest BCUT2D eigenvalue weighted by molar-refractivity contribution is 0.306. The summed E-state index contributed by atoms with van der Waals surface area (Å²) in [5, 5.41) is 15.5. The minimum atomic E-state index is -0.256. The predicted octanol–water partition coefficient (Wildman–Crippen LogP) is 4.96. The van der Waals surface area contributed by atoms with Crippen molar-refractivity contribution in [3.05, 3.63) is 95.3 Å². The van der Waals surface area contributed by atoms with Crippen LogP contribution in [0.3, 0.4) is 0 Å². The molecule has 0 radical (unpaired) electrons. The van der Waals surface area contributed by atoms with E-state index < -0.39 is 0 Å². The fraction of sp³-hybridized carbons (Fsp3) is 0.130. The maximum Gasteiger partial charge on any atom is 0.171 e. The molecule has 0 atom stereocenters. The molecule has 3 aromatic rings. The van der Waals surface area contributed by atoms with Gasteiger partial charge in [0.1, 0.15) is 18.2 Å². The Balaban J connectivity index is 1.43. The number of thiocarbonyl (C=S) groups is 1. The average molecular weight is 405 g/mol. The zero-order valence-electron chi connectivity index (χ0n) is 15.7. The molecule has 0 spiro atoms. The second-order valence-corrected chi connectivity index (χ2v) is 6.81. The monoisotopic (exact) mass is 405 g/mol. The van der Waals surface area contributed by atoms with Crippen LogP contribution in [-0.4, -0.2) is 5.11 Å². The summed E-state index contributed by atoms with van der Waals surface area (Å²) in [6.07, 6.45) is 0.395. The van der Waals surface area contributed by atoms with Crippen molar-refractivity contribution in [2.75, 3.05) is 5.32 Å². The molecule has 0 amide bonds. The van der Waals surface area contributed by atoms with E-state index in [-0.39, 0.29) is 5.82 Å². The minimum absolute atomic E-state index is 0.256. The molecule has 0 fully saturated rings. The van der Waals surface area contributed by atoms with Gasteiger partial charge in [-0.15, -0.1) is 0 Å². The lowest BCUT2D eigenvalue weighted by atomic mass is 10.1. The van der Waals surface area contributed by atoms with Gasteiger partial charge in [-0.05, 0) is 65.3 Å². The zero-order valence-corrected chi connectivity index (χ0v) is 16.5. The predicted molar refractivity (Wildman–Crippen MR) is 116 cm³/mol. The van der Waals surface area contributed by atoms with Crippen LogP contribution in [0, 0.1) is 17.1 Å². The third-order valence-electron chi connectivity index (χ3n) is 4.19. The van der Waals surface area contributed by atoms with E-state index in [9.17, 15) is 4.39 Å². The van der Waals surface area contributed by atoms with E-state index in [2.05, 4.69) is 16.7 Å². The van der Waals surface area contributed by atoms with Gasteiger partial charge < -0.3 is 15.4 Å². The molecule has 0 aromatic heterocycles. The van der Waals surface area contributed by atoms with Crippen molar-refractivity contribution in [2.45, 2.75) is 19.6 Å². The van der Waals surface area contributed by atoms with Crippen LogP contribution in [0.4, 0.5) is 10.1 Å². The molecule has 3 aromatic carbocycles. The highest BCUT2D eigenvalue weighted by Gasteiger charge is 2.01. The maximum absolute atomic E-state index is 12.9. The van der Waals surface area contributed by atoms with Crippen molar-refractivity contribution in [1.82, 2.24) is 5.32 Å². The fourth-order valence-electron chi connectivity index (χ4n) is 2.61. The molecular formula is C23H20FN3OS. The number of ether oxygens (including phenoxy) is 1. The molecular weight excluding hydrogens is 385 g/mol. The van der Waals surface area contributed by atoms with Gasteiger partial charge in [-0.1, -0.05) is 36.4 Å². The van der Waals surface area contributed by atoms with Crippen LogP contribution in [0.25, 0.3) is 0 Å². The number of rotatable bonds is 7. The quantitative estimate of drug-likeness (QED) is 0.544. The lowest BCUT2D eigenvalue weighted by Crippen LogP contribution is -2.27. The third-order valence-corrected chi connectivity index (χ3v) is 4.44. The molecule has 0 aliphatic rings. The largest absolute Gasteiger partial charge is 0.489 e. The Morgan fingerprint density at radius 3 is 2.17 bits per heavy atom. The summed E-state index contributed by atoms with van der Waals surface area (Å²) in [7, 11) is 0. The number of halogens is 1. The first-order chi connectivity index (χ1) is 14.1. The summed E-state index contributed by atoms with van der Waals surface area (Å²) in [4.78, 5) is 0. The van der Waals surface area contributed by atoms with E-state index in [1.165, 1.54) is 12.1 Å². The summed E-state index contributed by atoms with van der Waals surface area (Å²) in [5.74, 6) is 0.491. The molecule has 0 aliphatic carbocycles. The van der Waals surface area contributed by atoms with Gasteiger partial charge in [-0.25, -0.2) is 4.39 Å². The van der Waals surface area contributed by atoms with E-state index in [0.717, 1.165) is 28.1 Å². The SMILES string of the molecule is N#CCc1ccc(NC(=S)NCc2ccc(OCc3ccc(F)cc3)cc2)cc1. The molecule has 0 saturated carbocycles. The minimum Gasteiger partial charge on any atom is -0.489 e. The summed E-state index contributed by atoms with van der Waals surface area (Å²) >= 11 is 5.32. The van der Waals surface area contributed by atoms with Crippen LogP contribution >= 0.6 is 12.2 Å². The zero-order chi connectivity index (χ0) is 20.5. The highest BCUT2D eigenvalue weighted by atomic mass is 32.1. The Kier molecular flexibility index (Phi) is 7.15. The Labute approximate surface area is 175 Å². The van der Waals surface area contributed by atoms with Crippen LogP contribution in [-0.2, 0) is 19.6 Å². The van der Waals surface area contributed by atoms with Gasteiger partial charge in [-0.3, -0.25) is 0 Å². The molecule has 3 rings (SSSR count). The maximum atomic E-state index is 12.9. The molecule has 0 unspecified atom stereocenters. The molecule has 0 saturated heterocycles. The normalized spacial score (nSPS) is 10.1. The molecule has 29 heavy (non-hydrogen) atoms. The lowest BCUT2D eigenvalue weighted by Gasteiger charge is -2.11. The summed E-state index contributed by atoms with van der Waals surface area (Å²) < 4.78 is 18.6. The molecule has 2 N–H and O–H groups in total. The number of benzene rings is 3. The number of nitriles is 1. The second-order valence-electron chi connectivity index (χ2n) is 6.40. The van der Waals surface area contributed by atoms with Gasteiger partial charge in [0.05, 0.1) is 12.5 Å². The smallest absolute Gasteiger partial charge is 0.171 e. The molecule has 6 heteroatoms. The van der Waals surface area contributed by atoms with Crippen molar-refractivity contribution in [1.29, 1.82) is 5.26 Å². The molecule has 4 nitrogen and oxygen atoms in total. The highest BCUT2D eigenvalue weighted by Crippen LogP contribution is 2.15. The molecule has 146 valence electrons. The van der Waals surface area contributed by atoms with Crippen LogP contribution < -0.4 is 15.4 Å².